The standard InChI is InChI=1S/C11H17ClN2S2/c12-10-7-11(16-9-10)8-13-1-2-14-3-5-15-6-4-14/h7,9,13H,1-6,8H2. The van der Waals surface area contributed by atoms with E-state index < -0.39 is 0 Å². The molecule has 2 heterocycles. The van der Waals surface area contributed by atoms with Crippen LogP contribution < -0.4 is 5.32 Å². The van der Waals surface area contributed by atoms with Crippen LogP contribution in [0.4, 0.5) is 0 Å². The maximum atomic E-state index is 5.87. The number of rotatable bonds is 5. The normalized spacial score (nSPS) is 17.8. The quantitative estimate of drug-likeness (QED) is 0.832. The minimum Gasteiger partial charge on any atom is -0.311 e. The molecule has 0 bridgehead atoms. The van der Waals surface area contributed by atoms with Crippen LogP contribution in [0.5, 0.6) is 0 Å². The molecule has 0 spiro atoms. The van der Waals surface area contributed by atoms with Crippen LogP contribution in [0.3, 0.4) is 0 Å². The molecule has 2 nitrogen and oxygen atoms in total. The van der Waals surface area contributed by atoms with Crippen LogP contribution in [-0.4, -0.2) is 42.6 Å². The van der Waals surface area contributed by atoms with Gasteiger partial charge >= 0.3 is 0 Å². The predicted octanol–water partition coefficient (Wildman–Crippen LogP) is 2.54. The largest absolute Gasteiger partial charge is 0.311 e. The van der Waals surface area contributed by atoms with Crippen molar-refractivity contribution < 1.29 is 0 Å². The van der Waals surface area contributed by atoms with Crippen LogP contribution in [-0.2, 0) is 6.54 Å². The summed E-state index contributed by atoms with van der Waals surface area (Å²) in [5.41, 5.74) is 0. The molecule has 0 atom stereocenters. The van der Waals surface area contributed by atoms with E-state index in [0.717, 1.165) is 18.1 Å². The van der Waals surface area contributed by atoms with Gasteiger partial charge in [0.05, 0.1) is 5.02 Å². The molecule has 5 heteroatoms. The van der Waals surface area contributed by atoms with Crippen molar-refractivity contribution in [3.05, 3.63) is 21.3 Å². The van der Waals surface area contributed by atoms with E-state index >= 15 is 0 Å². The summed E-state index contributed by atoms with van der Waals surface area (Å²) in [4.78, 5) is 3.85. The molecule has 16 heavy (non-hydrogen) atoms. The van der Waals surface area contributed by atoms with E-state index in [0.29, 0.717) is 0 Å². The van der Waals surface area contributed by atoms with Crippen molar-refractivity contribution in [2.45, 2.75) is 6.54 Å². The van der Waals surface area contributed by atoms with Gasteiger partial charge in [-0.2, -0.15) is 11.8 Å². The van der Waals surface area contributed by atoms with Crippen LogP contribution in [0.25, 0.3) is 0 Å². The van der Waals surface area contributed by atoms with Crippen molar-refractivity contribution in [3.8, 4) is 0 Å². The summed E-state index contributed by atoms with van der Waals surface area (Å²) in [5.74, 6) is 2.58. The van der Waals surface area contributed by atoms with E-state index in [1.165, 1.54) is 36.0 Å². The average molecular weight is 277 g/mol. The van der Waals surface area contributed by atoms with Gasteiger partial charge in [0.1, 0.15) is 0 Å². The molecule has 1 saturated heterocycles. The van der Waals surface area contributed by atoms with Crippen LogP contribution in [0, 0.1) is 0 Å². The van der Waals surface area contributed by atoms with Gasteiger partial charge < -0.3 is 10.2 Å². The number of nitrogens with one attached hydrogen (secondary N) is 1. The molecule has 0 aliphatic carbocycles. The summed E-state index contributed by atoms with van der Waals surface area (Å²) in [6.07, 6.45) is 0. The maximum absolute atomic E-state index is 5.87. The van der Waals surface area contributed by atoms with E-state index in [9.17, 15) is 0 Å². The SMILES string of the molecule is Clc1csc(CNCCN2CCSCC2)c1. The number of thiophene rings is 1. The highest BCUT2D eigenvalue weighted by Gasteiger charge is 2.08. The highest BCUT2D eigenvalue weighted by Crippen LogP contribution is 2.18. The summed E-state index contributed by atoms with van der Waals surface area (Å²) in [7, 11) is 0. The molecule has 0 saturated carbocycles. The monoisotopic (exact) mass is 276 g/mol. The average Bonchev–Trinajstić information content (AvgIpc) is 2.72. The van der Waals surface area contributed by atoms with Gasteiger partial charge in [0.15, 0.2) is 0 Å². The van der Waals surface area contributed by atoms with Crippen LogP contribution >= 0.6 is 34.7 Å². The third-order valence-electron chi connectivity index (χ3n) is 2.63. The number of halogens is 1. The fourth-order valence-electron chi connectivity index (χ4n) is 1.72. The Hall–Kier alpha value is 0.260. The first-order valence-electron chi connectivity index (χ1n) is 5.58. The first kappa shape index (κ1) is 12.7. The summed E-state index contributed by atoms with van der Waals surface area (Å²) in [6.45, 7) is 5.67. The van der Waals surface area contributed by atoms with Gasteiger partial charge in [-0.1, -0.05) is 11.6 Å². The second-order valence-corrected chi connectivity index (χ2v) is 6.52. The van der Waals surface area contributed by atoms with Gasteiger partial charge in [-0.3, -0.25) is 0 Å². The van der Waals surface area contributed by atoms with Crippen molar-refractivity contribution >= 4 is 34.7 Å². The lowest BCUT2D eigenvalue weighted by Gasteiger charge is -2.25. The summed E-state index contributed by atoms with van der Waals surface area (Å²) >= 11 is 9.65. The zero-order chi connectivity index (χ0) is 11.2. The van der Waals surface area contributed by atoms with E-state index in [2.05, 4.69) is 22.0 Å². The Morgan fingerprint density at radius 1 is 1.38 bits per heavy atom. The first-order chi connectivity index (χ1) is 7.84. The van der Waals surface area contributed by atoms with Crippen LogP contribution in [0.1, 0.15) is 4.88 Å². The molecule has 1 aliphatic heterocycles. The molecule has 90 valence electrons. The fourth-order valence-corrected chi connectivity index (χ4v) is 3.74. The predicted molar refractivity (Wildman–Crippen MR) is 74.8 cm³/mol. The molecular formula is C11H17ClN2S2. The van der Waals surface area contributed by atoms with Crippen molar-refractivity contribution in [2.24, 2.45) is 0 Å². The van der Waals surface area contributed by atoms with E-state index in [4.69, 9.17) is 11.6 Å². The Morgan fingerprint density at radius 2 is 2.19 bits per heavy atom. The lowest BCUT2D eigenvalue weighted by atomic mass is 10.4. The molecule has 0 amide bonds. The molecule has 0 unspecified atom stereocenters. The van der Waals surface area contributed by atoms with Crippen molar-refractivity contribution in [2.75, 3.05) is 37.7 Å². The number of hydrogen-bond donors (Lipinski definition) is 1. The van der Waals surface area contributed by atoms with Gasteiger partial charge in [-0.25, -0.2) is 0 Å². The lowest BCUT2D eigenvalue weighted by Crippen LogP contribution is -2.37. The smallest absolute Gasteiger partial charge is 0.0516 e. The minimum absolute atomic E-state index is 0.856. The highest BCUT2D eigenvalue weighted by atomic mass is 35.5. The topological polar surface area (TPSA) is 15.3 Å². The second-order valence-electron chi connectivity index (χ2n) is 3.86. The molecule has 1 aromatic rings. The first-order valence-corrected chi connectivity index (χ1v) is 7.99. The van der Waals surface area contributed by atoms with Gasteiger partial charge in [0.2, 0.25) is 0 Å². The second kappa shape index (κ2) is 6.87. The third-order valence-corrected chi connectivity index (χ3v) is 4.86. The zero-order valence-electron chi connectivity index (χ0n) is 9.25. The molecule has 0 radical (unpaired) electrons. The van der Waals surface area contributed by atoms with Gasteiger partial charge in [0, 0.05) is 54.5 Å². The Kier molecular flexibility index (Phi) is 5.45. The molecule has 1 aromatic heterocycles. The molecular weight excluding hydrogens is 260 g/mol. The highest BCUT2D eigenvalue weighted by molar-refractivity contribution is 7.99. The van der Waals surface area contributed by atoms with E-state index in [1.807, 2.05) is 11.4 Å². The number of thioether (sulfide) groups is 1. The summed E-state index contributed by atoms with van der Waals surface area (Å²) in [6, 6.07) is 2.04. The van der Waals surface area contributed by atoms with E-state index in [1.54, 1.807) is 11.3 Å². The Bertz CT molecular complexity index is 311. The van der Waals surface area contributed by atoms with Gasteiger partial charge in [0.25, 0.3) is 0 Å². The molecule has 1 aliphatic rings. The molecule has 1 fully saturated rings. The Balaban J connectivity index is 1.57. The summed E-state index contributed by atoms with van der Waals surface area (Å²) in [5, 5.41) is 6.31. The van der Waals surface area contributed by atoms with Gasteiger partial charge in [-0.15, -0.1) is 11.3 Å². The molecule has 1 N–H and O–H groups in total. The van der Waals surface area contributed by atoms with Crippen LogP contribution in [0.2, 0.25) is 5.02 Å². The zero-order valence-corrected chi connectivity index (χ0v) is 11.6. The summed E-state index contributed by atoms with van der Waals surface area (Å²) < 4.78 is 0. The lowest BCUT2D eigenvalue weighted by molar-refractivity contribution is 0.301. The third kappa shape index (κ3) is 4.26. The molecule has 2 rings (SSSR count). The van der Waals surface area contributed by atoms with Crippen molar-refractivity contribution in [1.29, 1.82) is 0 Å². The Labute approximate surface area is 110 Å². The number of nitrogens with zero attached hydrogens (tertiary/aromatic N) is 1. The van der Waals surface area contributed by atoms with Crippen LogP contribution in [0.15, 0.2) is 11.4 Å². The van der Waals surface area contributed by atoms with E-state index in [-0.39, 0.29) is 0 Å². The van der Waals surface area contributed by atoms with Crippen molar-refractivity contribution in [3.63, 3.8) is 0 Å². The molecule has 0 aromatic carbocycles. The van der Waals surface area contributed by atoms with Gasteiger partial charge in [-0.05, 0) is 6.07 Å². The minimum atomic E-state index is 0.856. The Morgan fingerprint density at radius 3 is 2.88 bits per heavy atom. The maximum Gasteiger partial charge on any atom is 0.0516 e. The van der Waals surface area contributed by atoms with Crippen molar-refractivity contribution in [1.82, 2.24) is 10.2 Å². The number of hydrogen-bond acceptors (Lipinski definition) is 4. The fraction of sp³-hybridized carbons (Fsp3) is 0.636.